The molecule has 5 rings (SSSR count). The number of ether oxygens (including phenoxy) is 1. The van der Waals surface area contributed by atoms with Gasteiger partial charge in [-0.25, -0.2) is 0 Å². The number of carbonyl (C=O) groups is 1. The monoisotopic (exact) mass is 401 g/mol. The minimum absolute atomic E-state index is 0.0829. The van der Waals surface area contributed by atoms with E-state index < -0.39 is 0 Å². The molecule has 160 valence electrons. The number of amides is 1. The minimum Gasteiger partial charge on any atom is -0.396 e. The van der Waals surface area contributed by atoms with Crippen molar-refractivity contribution < 1.29 is 14.6 Å². The zero-order chi connectivity index (χ0) is 20.4. The van der Waals surface area contributed by atoms with E-state index in [-0.39, 0.29) is 17.9 Å². The van der Waals surface area contributed by atoms with Crippen molar-refractivity contribution in [2.24, 2.45) is 11.3 Å². The average Bonchev–Trinajstić information content (AvgIpc) is 3.00. The first-order valence-corrected chi connectivity index (χ1v) is 11.1. The van der Waals surface area contributed by atoms with Gasteiger partial charge < -0.3 is 24.5 Å². The number of anilines is 2. The number of carbonyl (C=O) groups excluding carboxylic acids is 1. The van der Waals surface area contributed by atoms with Crippen LogP contribution in [0.5, 0.6) is 0 Å². The van der Waals surface area contributed by atoms with Gasteiger partial charge in [-0.1, -0.05) is 13.8 Å². The van der Waals surface area contributed by atoms with E-state index in [0.29, 0.717) is 24.8 Å². The summed E-state index contributed by atoms with van der Waals surface area (Å²) in [6.07, 6.45) is 2.16. The van der Waals surface area contributed by atoms with Crippen molar-refractivity contribution in [2.45, 2.75) is 39.2 Å². The lowest BCUT2D eigenvalue weighted by molar-refractivity contribution is -0.131. The zero-order valence-electron chi connectivity index (χ0n) is 17.8. The Hall–Kier alpha value is -1.79. The van der Waals surface area contributed by atoms with Gasteiger partial charge in [0.15, 0.2) is 0 Å². The van der Waals surface area contributed by atoms with E-state index in [1.807, 2.05) is 0 Å². The molecular weight excluding hydrogens is 366 g/mol. The number of nitrogens with zero attached hydrogens (tertiary/aromatic N) is 3. The minimum atomic E-state index is 0.0829. The number of piperidine rings is 1. The molecule has 4 aliphatic rings. The summed E-state index contributed by atoms with van der Waals surface area (Å²) in [6, 6.07) is 9.28. The van der Waals surface area contributed by atoms with Gasteiger partial charge in [-0.3, -0.25) is 4.79 Å². The first kappa shape index (κ1) is 20.5. The Labute approximate surface area is 174 Å². The summed E-state index contributed by atoms with van der Waals surface area (Å²) in [7, 11) is 0. The van der Waals surface area contributed by atoms with E-state index in [4.69, 9.17) is 9.84 Å². The number of aliphatic hydroxyl groups is 1. The van der Waals surface area contributed by atoms with Gasteiger partial charge in [-0.15, -0.1) is 0 Å². The van der Waals surface area contributed by atoms with E-state index in [9.17, 15) is 4.79 Å². The third-order valence-corrected chi connectivity index (χ3v) is 6.88. The first-order valence-electron chi connectivity index (χ1n) is 11.1. The van der Waals surface area contributed by atoms with Crippen LogP contribution in [0, 0.1) is 11.3 Å². The topological polar surface area (TPSA) is 56.3 Å². The Bertz CT molecular complexity index is 700. The predicted octanol–water partition coefficient (Wildman–Crippen LogP) is 2.36. The summed E-state index contributed by atoms with van der Waals surface area (Å²) >= 11 is 0. The van der Waals surface area contributed by atoms with Gasteiger partial charge in [-0.2, -0.15) is 0 Å². The second-order valence-corrected chi connectivity index (χ2v) is 9.47. The highest BCUT2D eigenvalue weighted by atomic mass is 16.5. The number of aliphatic hydroxyl groups excluding tert-OH is 1. The standard InChI is InChI=1S/C23H35N3O3/c1-23(2)14-18-15-25(22(28)4-3-11-27)17-21(23)26(16-18)20-7-5-19(6-8-20)24-9-12-29-13-10-24/h5-8,18,21,27H,3-4,9-17H2,1-2H3/t18?,21-/m1/s1. The average molecular weight is 402 g/mol. The molecule has 1 aromatic rings. The molecule has 1 aromatic carbocycles. The Balaban J connectivity index is 1.52. The maximum Gasteiger partial charge on any atom is 0.222 e. The Morgan fingerprint density at radius 3 is 2.48 bits per heavy atom. The van der Waals surface area contributed by atoms with E-state index in [0.717, 1.165) is 52.4 Å². The van der Waals surface area contributed by atoms with Crippen molar-refractivity contribution >= 4 is 17.3 Å². The fourth-order valence-corrected chi connectivity index (χ4v) is 5.39. The van der Waals surface area contributed by atoms with Crippen LogP contribution in [-0.2, 0) is 9.53 Å². The molecule has 4 heterocycles. The van der Waals surface area contributed by atoms with Crippen molar-refractivity contribution in [1.29, 1.82) is 0 Å². The molecule has 2 bridgehead atoms. The van der Waals surface area contributed by atoms with E-state index in [1.54, 1.807) is 0 Å². The van der Waals surface area contributed by atoms with Crippen LogP contribution in [0.2, 0.25) is 0 Å². The van der Waals surface area contributed by atoms with Gasteiger partial charge in [0.25, 0.3) is 0 Å². The zero-order valence-corrected chi connectivity index (χ0v) is 17.8. The molecule has 6 nitrogen and oxygen atoms in total. The highest BCUT2D eigenvalue weighted by Crippen LogP contribution is 2.43. The SMILES string of the molecule is CC1(C)CC2CN(C(=O)CCCO)C[C@H]1N(c1ccc(N3CCOCC3)cc1)C2. The van der Waals surface area contributed by atoms with Crippen molar-refractivity contribution in [2.75, 3.05) is 62.3 Å². The van der Waals surface area contributed by atoms with Crippen LogP contribution in [0.4, 0.5) is 11.4 Å². The van der Waals surface area contributed by atoms with Crippen LogP contribution < -0.4 is 9.80 Å². The molecule has 4 saturated heterocycles. The first-order chi connectivity index (χ1) is 14.0. The lowest BCUT2D eigenvalue weighted by Gasteiger charge is -2.48. The Morgan fingerprint density at radius 1 is 1.10 bits per heavy atom. The van der Waals surface area contributed by atoms with Gasteiger partial charge in [0.1, 0.15) is 0 Å². The summed E-state index contributed by atoms with van der Waals surface area (Å²) in [5.41, 5.74) is 2.68. The lowest BCUT2D eigenvalue weighted by atomic mass is 9.73. The second-order valence-electron chi connectivity index (χ2n) is 9.47. The van der Waals surface area contributed by atoms with Crippen LogP contribution in [0.1, 0.15) is 33.1 Å². The third-order valence-electron chi connectivity index (χ3n) is 6.88. The maximum atomic E-state index is 12.7. The molecule has 1 N–H and O–H groups in total. The van der Waals surface area contributed by atoms with Crippen molar-refractivity contribution in [1.82, 2.24) is 4.90 Å². The normalized spacial score (nSPS) is 26.5. The molecule has 29 heavy (non-hydrogen) atoms. The van der Waals surface area contributed by atoms with Crippen LogP contribution in [0.25, 0.3) is 0 Å². The molecule has 1 amide bonds. The molecular formula is C23H35N3O3. The van der Waals surface area contributed by atoms with Gasteiger partial charge in [0, 0.05) is 57.1 Å². The number of benzene rings is 1. The summed E-state index contributed by atoms with van der Waals surface area (Å²) in [6.45, 7) is 10.9. The highest BCUT2D eigenvalue weighted by Gasteiger charge is 2.46. The van der Waals surface area contributed by atoms with Gasteiger partial charge in [0.2, 0.25) is 5.91 Å². The van der Waals surface area contributed by atoms with Crippen molar-refractivity contribution in [3.63, 3.8) is 0 Å². The Morgan fingerprint density at radius 2 is 1.79 bits per heavy atom. The number of rotatable bonds is 5. The molecule has 4 fully saturated rings. The van der Waals surface area contributed by atoms with Gasteiger partial charge >= 0.3 is 0 Å². The van der Waals surface area contributed by atoms with Gasteiger partial charge in [0.05, 0.1) is 19.3 Å². The van der Waals surface area contributed by atoms with E-state index in [1.165, 1.54) is 11.4 Å². The number of fused-ring (bicyclic) bond motifs is 4. The van der Waals surface area contributed by atoms with E-state index >= 15 is 0 Å². The van der Waals surface area contributed by atoms with Crippen molar-refractivity contribution in [3.05, 3.63) is 24.3 Å². The van der Waals surface area contributed by atoms with Crippen LogP contribution in [0.15, 0.2) is 24.3 Å². The maximum absolute atomic E-state index is 12.7. The molecule has 2 atom stereocenters. The molecule has 0 spiro atoms. The van der Waals surface area contributed by atoms with Crippen LogP contribution in [-0.4, -0.2) is 74.5 Å². The second kappa shape index (κ2) is 8.52. The summed E-state index contributed by atoms with van der Waals surface area (Å²) < 4.78 is 5.47. The summed E-state index contributed by atoms with van der Waals surface area (Å²) in [5, 5.41) is 9.09. The van der Waals surface area contributed by atoms with Crippen molar-refractivity contribution in [3.8, 4) is 0 Å². The molecule has 4 aliphatic heterocycles. The molecule has 6 heteroatoms. The van der Waals surface area contributed by atoms with Gasteiger partial charge in [-0.05, 0) is 48.4 Å². The molecule has 0 aliphatic carbocycles. The smallest absolute Gasteiger partial charge is 0.222 e. The number of hydrogen-bond acceptors (Lipinski definition) is 5. The third kappa shape index (κ3) is 4.38. The largest absolute Gasteiger partial charge is 0.396 e. The summed E-state index contributed by atoms with van der Waals surface area (Å²) in [4.78, 5) is 19.7. The molecule has 0 saturated carbocycles. The van der Waals surface area contributed by atoms with E-state index in [2.05, 4.69) is 52.8 Å². The molecule has 1 unspecified atom stereocenters. The number of morpholine rings is 1. The fourth-order valence-electron chi connectivity index (χ4n) is 5.39. The number of hydrogen-bond donors (Lipinski definition) is 1. The quantitative estimate of drug-likeness (QED) is 0.821. The predicted molar refractivity (Wildman–Crippen MR) is 115 cm³/mol. The fraction of sp³-hybridized carbons (Fsp3) is 0.696. The lowest BCUT2D eigenvalue weighted by Crippen LogP contribution is -2.54. The van der Waals surface area contributed by atoms with Crippen LogP contribution in [0.3, 0.4) is 0 Å². The molecule has 0 radical (unpaired) electrons. The summed E-state index contributed by atoms with van der Waals surface area (Å²) in [5.74, 6) is 0.678. The Kier molecular flexibility index (Phi) is 6.02. The van der Waals surface area contributed by atoms with Crippen LogP contribution >= 0.6 is 0 Å². The highest BCUT2D eigenvalue weighted by molar-refractivity contribution is 5.76. The molecule has 0 aromatic heterocycles.